The fraction of sp³-hybridized carbons (Fsp3) is 0.308. The average molecular weight is 531 g/mol. The summed E-state index contributed by atoms with van der Waals surface area (Å²) in [6.45, 7) is 2.32. The van der Waals surface area contributed by atoms with Crippen molar-refractivity contribution in [3.8, 4) is 0 Å². The van der Waals surface area contributed by atoms with Crippen molar-refractivity contribution < 1.29 is 19.1 Å². The maximum absolute atomic E-state index is 13.5. The number of halogens is 2. The molecule has 1 aliphatic carbocycles. The van der Waals surface area contributed by atoms with Gasteiger partial charge in [0.2, 0.25) is 0 Å². The molecule has 1 heterocycles. The maximum Gasteiger partial charge on any atom is 0.336 e. The lowest BCUT2D eigenvalue weighted by Gasteiger charge is -2.36. The van der Waals surface area contributed by atoms with Crippen molar-refractivity contribution in [1.82, 2.24) is 5.32 Å². The third-order valence-corrected chi connectivity index (χ3v) is 6.89. The summed E-state index contributed by atoms with van der Waals surface area (Å²) in [4.78, 5) is 26.6. The Morgan fingerprint density at radius 2 is 1.73 bits per heavy atom. The molecular weight excluding hydrogens is 506 g/mol. The summed E-state index contributed by atoms with van der Waals surface area (Å²) in [5.41, 5.74) is 4.63. The van der Waals surface area contributed by atoms with Gasteiger partial charge in [-0.05, 0) is 54.7 Å². The second-order valence-electron chi connectivity index (χ2n) is 8.25. The number of Topliss-reactive ketones (excluding diaryl/α,β-unsaturated/α-hetero) is 1. The third kappa shape index (κ3) is 5.08. The zero-order chi connectivity index (χ0) is 23.5. The van der Waals surface area contributed by atoms with Crippen molar-refractivity contribution in [2.24, 2.45) is 0 Å². The minimum Gasteiger partial charge on any atom is -0.460 e. The lowest BCUT2D eigenvalue weighted by atomic mass is 9.72. The normalized spacial score (nSPS) is 20.4. The molecule has 2 aromatic carbocycles. The summed E-state index contributed by atoms with van der Waals surface area (Å²) in [6.07, 6.45) is 1.05. The summed E-state index contributed by atoms with van der Waals surface area (Å²) in [5.74, 6) is -0.840. The van der Waals surface area contributed by atoms with Crippen LogP contribution in [0.1, 0.15) is 42.7 Å². The topological polar surface area (TPSA) is 64.6 Å². The number of ether oxygens (including phenoxy) is 2. The van der Waals surface area contributed by atoms with Crippen LogP contribution in [0, 0.1) is 0 Å². The summed E-state index contributed by atoms with van der Waals surface area (Å²) < 4.78 is 11.4. The van der Waals surface area contributed by atoms with Crippen molar-refractivity contribution in [3.63, 3.8) is 0 Å². The molecule has 0 saturated heterocycles. The van der Waals surface area contributed by atoms with Crippen LogP contribution in [0.3, 0.4) is 0 Å². The number of ketones is 1. The number of allylic oxidation sites excluding steroid dienone is 3. The Morgan fingerprint density at radius 3 is 2.39 bits per heavy atom. The van der Waals surface area contributed by atoms with Crippen LogP contribution in [0.15, 0.2) is 75.5 Å². The smallest absolute Gasteiger partial charge is 0.336 e. The molecule has 2 atom stereocenters. The largest absolute Gasteiger partial charge is 0.460 e. The first-order valence-electron chi connectivity index (χ1n) is 10.8. The Labute approximate surface area is 206 Å². The molecule has 0 aromatic heterocycles. The number of benzene rings is 2. The van der Waals surface area contributed by atoms with E-state index in [4.69, 9.17) is 21.1 Å². The van der Waals surface area contributed by atoms with Crippen LogP contribution in [0.4, 0.5) is 0 Å². The van der Waals surface area contributed by atoms with Crippen molar-refractivity contribution in [3.05, 3.63) is 91.7 Å². The number of rotatable bonds is 6. The van der Waals surface area contributed by atoms with Crippen molar-refractivity contribution in [2.45, 2.75) is 31.6 Å². The zero-order valence-electron chi connectivity index (χ0n) is 18.5. The van der Waals surface area contributed by atoms with E-state index in [0.717, 1.165) is 21.3 Å². The van der Waals surface area contributed by atoms with Gasteiger partial charge < -0.3 is 14.8 Å². The highest BCUT2D eigenvalue weighted by Gasteiger charge is 2.41. The number of methoxy groups -OCH3 is 1. The molecule has 4 rings (SSSR count). The molecule has 5 nitrogen and oxygen atoms in total. The number of dihydropyridines is 1. The maximum atomic E-state index is 13.5. The molecule has 33 heavy (non-hydrogen) atoms. The van der Waals surface area contributed by atoms with E-state index in [9.17, 15) is 9.59 Å². The van der Waals surface area contributed by atoms with Crippen LogP contribution in [0.2, 0.25) is 5.02 Å². The Morgan fingerprint density at radius 1 is 1.06 bits per heavy atom. The Balaban J connectivity index is 1.73. The van der Waals surface area contributed by atoms with Crippen molar-refractivity contribution in [2.75, 3.05) is 20.3 Å². The molecule has 0 saturated carbocycles. The minimum atomic E-state index is -0.483. The Hall–Kier alpha value is -2.41. The summed E-state index contributed by atoms with van der Waals surface area (Å²) >= 11 is 9.52. The molecule has 1 N–H and O–H groups in total. The van der Waals surface area contributed by atoms with Crippen LogP contribution in [-0.4, -0.2) is 32.1 Å². The van der Waals surface area contributed by atoms with E-state index in [-0.39, 0.29) is 18.3 Å². The van der Waals surface area contributed by atoms with Crippen LogP contribution in [0.5, 0.6) is 0 Å². The second-order valence-corrected chi connectivity index (χ2v) is 9.60. The monoisotopic (exact) mass is 529 g/mol. The molecule has 0 amide bonds. The standard InChI is InChI=1S/C26H25BrClNO4/c1-15-23(26(31)33-12-11-32-2)24(17-3-7-19(27)8-4-17)25-21(29-15)13-18(14-22(25)30)16-5-9-20(28)10-6-16/h3-10,18,24,29H,11-14H2,1-2H3/t18-,24-/m0/s1. The molecule has 1 aliphatic heterocycles. The molecule has 0 fully saturated rings. The first-order valence-corrected chi connectivity index (χ1v) is 12.0. The van der Waals surface area contributed by atoms with Gasteiger partial charge in [0.1, 0.15) is 6.61 Å². The minimum absolute atomic E-state index is 0.0336. The van der Waals surface area contributed by atoms with Gasteiger partial charge in [0.05, 0.1) is 12.2 Å². The number of carbonyl (C=O) groups excluding carboxylic acids is 2. The number of esters is 1. The molecule has 0 unspecified atom stereocenters. The third-order valence-electron chi connectivity index (χ3n) is 6.11. The zero-order valence-corrected chi connectivity index (χ0v) is 20.8. The average Bonchev–Trinajstić information content (AvgIpc) is 2.79. The van der Waals surface area contributed by atoms with E-state index >= 15 is 0 Å². The SMILES string of the molecule is COCCOC(=O)C1=C(C)NC2=C(C(=O)C[C@@H](c3ccc(Cl)cc3)C2)[C@H]1c1ccc(Br)cc1. The first-order chi connectivity index (χ1) is 15.9. The number of carbonyl (C=O) groups is 2. The van der Waals surface area contributed by atoms with Crippen molar-refractivity contribution >= 4 is 39.3 Å². The van der Waals surface area contributed by atoms with Gasteiger partial charge >= 0.3 is 5.97 Å². The lowest BCUT2D eigenvalue weighted by molar-refractivity contribution is -0.140. The van der Waals surface area contributed by atoms with Crippen molar-refractivity contribution in [1.29, 1.82) is 0 Å². The summed E-state index contributed by atoms with van der Waals surface area (Å²) in [5, 5.41) is 4.03. The highest BCUT2D eigenvalue weighted by molar-refractivity contribution is 9.10. The summed E-state index contributed by atoms with van der Waals surface area (Å²) in [6, 6.07) is 15.4. The van der Waals surface area contributed by atoms with Gasteiger partial charge in [-0.2, -0.15) is 0 Å². The molecule has 0 bridgehead atoms. The molecule has 172 valence electrons. The Bertz CT molecular complexity index is 1120. The highest BCUT2D eigenvalue weighted by Crippen LogP contribution is 2.45. The van der Waals surface area contributed by atoms with Gasteiger partial charge in [-0.3, -0.25) is 4.79 Å². The first kappa shape index (κ1) is 23.7. The van der Waals surface area contributed by atoms with Gasteiger partial charge in [0, 0.05) is 45.9 Å². The van der Waals surface area contributed by atoms with E-state index in [0.29, 0.717) is 41.3 Å². The van der Waals surface area contributed by atoms with E-state index in [1.165, 1.54) is 0 Å². The fourth-order valence-electron chi connectivity index (χ4n) is 4.56. The highest BCUT2D eigenvalue weighted by atomic mass is 79.9. The molecule has 2 aliphatic rings. The predicted octanol–water partition coefficient (Wildman–Crippen LogP) is 5.65. The van der Waals surface area contributed by atoms with Crippen LogP contribution < -0.4 is 5.32 Å². The number of hydrogen-bond donors (Lipinski definition) is 1. The molecule has 0 spiro atoms. The quantitative estimate of drug-likeness (QED) is 0.386. The Kier molecular flexibility index (Phi) is 7.37. The van der Waals surface area contributed by atoms with E-state index in [2.05, 4.69) is 21.2 Å². The van der Waals surface area contributed by atoms with Crippen LogP contribution in [0.25, 0.3) is 0 Å². The van der Waals surface area contributed by atoms with Gasteiger partial charge in [-0.15, -0.1) is 0 Å². The number of hydrogen-bond acceptors (Lipinski definition) is 5. The molecule has 7 heteroatoms. The van der Waals surface area contributed by atoms with Gasteiger partial charge in [0.15, 0.2) is 5.78 Å². The second kappa shape index (κ2) is 10.2. The van der Waals surface area contributed by atoms with Crippen LogP contribution >= 0.6 is 27.5 Å². The summed E-state index contributed by atoms with van der Waals surface area (Å²) in [7, 11) is 1.56. The van der Waals surface area contributed by atoms with E-state index in [1.54, 1.807) is 7.11 Å². The molecule has 2 aromatic rings. The van der Waals surface area contributed by atoms with Gasteiger partial charge in [-0.25, -0.2) is 4.79 Å². The molecular formula is C26H25BrClNO4. The van der Waals surface area contributed by atoms with E-state index < -0.39 is 11.9 Å². The van der Waals surface area contributed by atoms with Crippen LogP contribution in [-0.2, 0) is 19.1 Å². The number of nitrogens with one attached hydrogen (secondary N) is 1. The molecule has 0 radical (unpaired) electrons. The lowest BCUT2D eigenvalue weighted by Crippen LogP contribution is -2.36. The van der Waals surface area contributed by atoms with Gasteiger partial charge in [0.25, 0.3) is 0 Å². The fourth-order valence-corrected chi connectivity index (χ4v) is 4.95. The van der Waals surface area contributed by atoms with Gasteiger partial charge in [-0.1, -0.05) is 51.8 Å². The predicted molar refractivity (Wildman–Crippen MR) is 131 cm³/mol. The van der Waals surface area contributed by atoms with E-state index in [1.807, 2.05) is 55.5 Å².